The van der Waals surface area contributed by atoms with Crippen molar-refractivity contribution in [2.24, 2.45) is 0 Å². The molecule has 3 heteroatoms. The first-order valence-corrected chi connectivity index (χ1v) is 4.84. The molecule has 0 spiro atoms. The summed E-state index contributed by atoms with van der Waals surface area (Å²) in [6.07, 6.45) is 1.99. The summed E-state index contributed by atoms with van der Waals surface area (Å²) in [5.41, 5.74) is 2.27. The molecule has 2 aromatic rings. The van der Waals surface area contributed by atoms with Crippen LogP contribution in [0.1, 0.15) is 5.56 Å². The van der Waals surface area contributed by atoms with Crippen molar-refractivity contribution in [3.05, 3.63) is 34.4 Å². The molecule has 0 fully saturated rings. The molecule has 68 valence electrons. The van der Waals surface area contributed by atoms with Gasteiger partial charge in [0.1, 0.15) is 0 Å². The highest BCUT2D eigenvalue weighted by atomic mass is 79.9. The van der Waals surface area contributed by atoms with E-state index in [0.29, 0.717) is 0 Å². The third kappa shape index (κ3) is 1.15. The topological polar surface area (TPSA) is 13.6 Å². The number of pyridine rings is 1. The van der Waals surface area contributed by atoms with Crippen molar-refractivity contribution in [2.45, 2.75) is 6.92 Å². The van der Waals surface area contributed by atoms with Gasteiger partial charge in [-0.05, 0) is 35.0 Å². The predicted octanol–water partition coefficient (Wildman–Crippen LogP) is 3.02. The standard InChI is InChI=1S/C10H10BrNO/c1-7-9(11)8-5-3-4-6-12(8)10(7)13-2/h3-6H,1-2H3. The van der Waals surface area contributed by atoms with Crippen LogP contribution >= 0.6 is 15.9 Å². The van der Waals surface area contributed by atoms with Gasteiger partial charge in [-0.15, -0.1) is 0 Å². The van der Waals surface area contributed by atoms with Crippen LogP contribution in [-0.2, 0) is 0 Å². The summed E-state index contributed by atoms with van der Waals surface area (Å²) in [7, 11) is 1.69. The predicted molar refractivity (Wildman–Crippen MR) is 56.4 cm³/mol. The van der Waals surface area contributed by atoms with Gasteiger partial charge < -0.3 is 4.74 Å². The Bertz CT molecular complexity index is 447. The van der Waals surface area contributed by atoms with Gasteiger partial charge >= 0.3 is 0 Å². The van der Waals surface area contributed by atoms with Crippen LogP contribution in [0.4, 0.5) is 0 Å². The smallest absolute Gasteiger partial charge is 0.202 e. The highest BCUT2D eigenvalue weighted by Gasteiger charge is 2.11. The summed E-state index contributed by atoms with van der Waals surface area (Å²) in [4.78, 5) is 0. The molecule has 0 saturated heterocycles. The van der Waals surface area contributed by atoms with Crippen LogP contribution in [0.15, 0.2) is 28.9 Å². The summed E-state index contributed by atoms with van der Waals surface area (Å²) in [6, 6.07) is 6.06. The molecular weight excluding hydrogens is 230 g/mol. The first-order chi connectivity index (χ1) is 6.25. The van der Waals surface area contributed by atoms with Crippen molar-refractivity contribution < 1.29 is 4.74 Å². The number of nitrogens with zero attached hydrogens (tertiary/aromatic N) is 1. The highest BCUT2D eigenvalue weighted by Crippen LogP contribution is 2.32. The molecule has 0 aliphatic carbocycles. The van der Waals surface area contributed by atoms with E-state index >= 15 is 0 Å². The third-order valence-corrected chi connectivity index (χ3v) is 3.15. The van der Waals surface area contributed by atoms with Gasteiger partial charge in [0.2, 0.25) is 5.88 Å². The zero-order valence-corrected chi connectivity index (χ0v) is 9.13. The normalized spacial score (nSPS) is 10.7. The second-order valence-electron chi connectivity index (χ2n) is 2.90. The minimum Gasteiger partial charge on any atom is -0.482 e. The Kier molecular flexibility index (Phi) is 2.04. The van der Waals surface area contributed by atoms with Crippen molar-refractivity contribution in [1.82, 2.24) is 4.40 Å². The van der Waals surface area contributed by atoms with Gasteiger partial charge in [-0.25, -0.2) is 0 Å². The Labute approximate surface area is 85.3 Å². The quantitative estimate of drug-likeness (QED) is 0.747. The van der Waals surface area contributed by atoms with E-state index in [0.717, 1.165) is 21.4 Å². The van der Waals surface area contributed by atoms with E-state index in [1.807, 2.05) is 29.7 Å². The minimum absolute atomic E-state index is 0.891. The summed E-state index contributed by atoms with van der Waals surface area (Å²) in [5.74, 6) is 0.891. The zero-order valence-electron chi connectivity index (χ0n) is 7.54. The molecule has 2 nitrogen and oxygen atoms in total. The Balaban J connectivity index is 2.90. The van der Waals surface area contributed by atoms with Crippen molar-refractivity contribution in [2.75, 3.05) is 7.11 Å². The van der Waals surface area contributed by atoms with Crippen molar-refractivity contribution in [3.8, 4) is 5.88 Å². The Hall–Kier alpha value is -0.960. The maximum atomic E-state index is 5.31. The van der Waals surface area contributed by atoms with Gasteiger partial charge in [-0.3, -0.25) is 4.40 Å². The summed E-state index contributed by atoms with van der Waals surface area (Å²) in [6.45, 7) is 2.04. The number of methoxy groups -OCH3 is 1. The summed E-state index contributed by atoms with van der Waals surface area (Å²) in [5, 5.41) is 0. The number of fused-ring (bicyclic) bond motifs is 1. The molecule has 0 saturated carbocycles. The van der Waals surface area contributed by atoms with Crippen LogP contribution in [0.5, 0.6) is 5.88 Å². The van der Waals surface area contributed by atoms with Gasteiger partial charge in [-0.2, -0.15) is 0 Å². The molecule has 2 aromatic heterocycles. The van der Waals surface area contributed by atoms with Gasteiger partial charge in [0.15, 0.2) is 0 Å². The maximum absolute atomic E-state index is 5.31. The lowest BCUT2D eigenvalue weighted by atomic mass is 10.3. The lowest BCUT2D eigenvalue weighted by Crippen LogP contribution is -1.90. The summed E-state index contributed by atoms with van der Waals surface area (Å²) >= 11 is 3.54. The fourth-order valence-electron chi connectivity index (χ4n) is 1.52. The van der Waals surface area contributed by atoms with Crippen LogP contribution in [0.25, 0.3) is 5.52 Å². The molecule has 0 bridgehead atoms. The van der Waals surface area contributed by atoms with Crippen molar-refractivity contribution in [1.29, 1.82) is 0 Å². The van der Waals surface area contributed by atoms with Gasteiger partial charge in [-0.1, -0.05) is 6.07 Å². The summed E-state index contributed by atoms with van der Waals surface area (Å²) < 4.78 is 8.44. The largest absolute Gasteiger partial charge is 0.482 e. The molecular formula is C10H10BrNO. The molecule has 2 rings (SSSR count). The third-order valence-electron chi connectivity index (χ3n) is 2.15. The van der Waals surface area contributed by atoms with Crippen molar-refractivity contribution in [3.63, 3.8) is 0 Å². The lowest BCUT2D eigenvalue weighted by Gasteiger charge is -2.00. The first-order valence-electron chi connectivity index (χ1n) is 4.05. The number of rotatable bonds is 1. The Morgan fingerprint density at radius 3 is 2.85 bits per heavy atom. The molecule has 0 aliphatic heterocycles. The van der Waals surface area contributed by atoms with Gasteiger partial charge in [0.05, 0.1) is 12.6 Å². The second-order valence-corrected chi connectivity index (χ2v) is 3.70. The van der Waals surface area contributed by atoms with Crippen LogP contribution in [0, 0.1) is 6.92 Å². The molecule has 0 unspecified atom stereocenters. The molecule has 2 heterocycles. The van der Waals surface area contributed by atoms with E-state index < -0.39 is 0 Å². The average Bonchev–Trinajstić information content (AvgIpc) is 2.41. The second kappa shape index (κ2) is 3.07. The minimum atomic E-state index is 0.891. The monoisotopic (exact) mass is 239 g/mol. The van der Waals surface area contributed by atoms with E-state index in [-0.39, 0.29) is 0 Å². The number of hydrogen-bond acceptors (Lipinski definition) is 1. The van der Waals surface area contributed by atoms with Crippen LogP contribution < -0.4 is 4.74 Å². The molecule has 0 aliphatic rings. The number of aromatic nitrogens is 1. The molecule has 0 aromatic carbocycles. The van der Waals surface area contributed by atoms with E-state index in [1.54, 1.807) is 7.11 Å². The van der Waals surface area contributed by atoms with E-state index in [4.69, 9.17) is 4.74 Å². The van der Waals surface area contributed by atoms with Gasteiger partial charge in [0.25, 0.3) is 0 Å². The fraction of sp³-hybridized carbons (Fsp3) is 0.200. The Morgan fingerprint density at radius 2 is 2.15 bits per heavy atom. The van der Waals surface area contributed by atoms with Crippen LogP contribution in [0.2, 0.25) is 0 Å². The van der Waals surface area contributed by atoms with Crippen molar-refractivity contribution >= 4 is 21.4 Å². The van der Waals surface area contributed by atoms with Crippen LogP contribution in [-0.4, -0.2) is 11.5 Å². The molecule has 0 radical (unpaired) electrons. The first kappa shape index (κ1) is 8.63. The number of halogens is 1. The molecule has 0 N–H and O–H groups in total. The lowest BCUT2D eigenvalue weighted by molar-refractivity contribution is 0.391. The molecule has 0 atom stereocenters. The highest BCUT2D eigenvalue weighted by molar-refractivity contribution is 9.10. The van der Waals surface area contributed by atoms with E-state index in [1.165, 1.54) is 0 Å². The number of hydrogen-bond donors (Lipinski definition) is 0. The Morgan fingerprint density at radius 1 is 1.38 bits per heavy atom. The van der Waals surface area contributed by atoms with E-state index in [9.17, 15) is 0 Å². The van der Waals surface area contributed by atoms with E-state index in [2.05, 4.69) is 22.0 Å². The number of ether oxygens (including phenoxy) is 1. The zero-order chi connectivity index (χ0) is 9.42. The van der Waals surface area contributed by atoms with Gasteiger partial charge in [0, 0.05) is 16.2 Å². The molecule has 0 amide bonds. The maximum Gasteiger partial charge on any atom is 0.202 e. The average molecular weight is 240 g/mol. The molecule has 13 heavy (non-hydrogen) atoms. The SMILES string of the molecule is COc1c(C)c(Br)c2ccccn12. The van der Waals surface area contributed by atoms with Crippen LogP contribution in [0.3, 0.4) is 0 Å². The fourth-order valence-corrected chi connectivity index (χ4v) is 2.01.